The van der Waals surface area contributed by atoms with Crippen molar-refractivity contribution < 1.29 is 4.39 Å². The number of anilines is 1. The highest BCUT2D eigenvalue weighted by atomic mass is 79.9. The number of rotatable bonds is 3. The quantitative estimate of drug-likeness (QED) is 0.777. The van der Waals surface area contributed by atoms with E-state index in [9.17, 15) is 4.39 Å². The highest BCUT2D eigenvalue weighted by Crippen LogP contribution is 2.22. The van der Waals surface area contributed by atoms with Crippen LogP contribution in [0.15, 0.2) is 59.1 Å². The van der Waals surface area contributed by atoms with Crippen molar-refractivity contribution in [3.63, 3.8) is 0 Å². The van der Waals surface area contributed by atoms with Crippen LogP contribution in [0.4, 0.5) is 10.2 Å². The Labute approximate surface area is 130 Å². The molecule has 2 N–H and O–H groups in total. The van der Waals surface area contributed by atoms with E-state index in [1.807, 2.05) is 30.3 Å². The maximum atomic E-state index is 13.3. The van der Waals surface area contributed by atoms with E-state index in [4.69, 9.17) is 5.73 Å². The molecule has 0 atom stereocenters. The van der Waals surface area contributed by atoms with Crippen molar-refractivity contribution in [3.05, 3.63) is 70.5 Å². The standard InChI is InChI=1S/C16H13BrFN3/c17-13-5-1-3-11(7-13)10-21-16(19)9-15(20-21)12-4-2-6-14(18)8-12/h1-9H,10,19H2. The van der Waals surface area contributed by atoms with Gasteiger partial charge in [0.1, 0.15) is 11.6 Å². The second-order valence-electron chi connectivity index (χ2n) is 4.75. The van der Waals surface area contributed by atoms with E-state index in [1.54, 1.807) is 16.8 Å². The number of aromatic nitrogens is 2. The van der Waals surface area contributed by atoms with E-state index in [0.29, 0.717) is 18.1 Å². The van der Waals surface area contributed by atoms with Crippen LogP contribution >= 0.6 is 15.9 Å². The fourth-order valence-corrected chi connectivity index (χ4v) is 2.60. The average molecular weight is 346 g/mol. The van der Waals surface area contributed by atoms with Crippen LogP contribution in [0.25, 0.3) is 11.3 Å². The molecule has 3 rings (SSSR count). The van der Waals surface area contributed by atoms with E-state index in [2.05, 4.69) is 21.0 Å². The van der Waals surface area contributed by atoms with Gasteiger partial charge in [0.2, 0.25) is 0 Å². The summed E-state index contributed by atoms with van der Waals surface area (Å²) in [5.41, 5.74) is 8.47. The number of hydrogen-bond acceptors (Lipinski definition) is 2. The van der Waals surface area contributed by atoms with Gasteiger partial charge in [0, 0.05) is 16.1 Å². The van der Waals surface area contributed by atoms with Crippen molar-refractivity contribution in [1.82, 2.24) is 9.78 Å². The topological polar surface area (TPSA) is 43.8 Å². The van der Waals surface area contributed by atoms with E-state index < -0.39 is 0 Å². The predicted molar refractivity (Wildman–Crippen MR) is 85.3 cm³/mol. The largest absolute Gasteiger partial charge is 0.384 e. The first-order valence-corrected chi connectivity index (χ1v) is 7.25. The fourth-order valence-electron chi connectivity index (χ4n) is 2.16. The van der Waals surface area contributed by atoms with Crippen LogP contribution in [0.3, 0.4) is 0 Å². The summed E-state index contributed by atoms with van der Waals surface area (Å²) in [7, 11) is 0. The van der Waals surface area contributed by atoms with Gasteiger partial charge in [-0.2, -0.15) is 5.10 Å². The molecule has 0 aliphatic carbocycles. The Kier molecular flexibility index (Phi) is 3.75. The number of hydrogen-bond donors (Lipinski definition) is 1. The van der Waals surface area contributed by atoms with E-state index >= 15 is 0 Å². The molecule has 1 heterocycles. The summed E-state index contributed by atoms with van der Waals surface area (Å²) in [6, 6.07) is 16.0. The highest BCUT2D eigenvalue weighted by Gasteiger charge is 2.08. The van der Waals surface area contributed by atoms with Crippen LogP contribution in [0.2, 0.25) is 0 Å². The molecule has 1 aromatic heterocycles. The van der Waals surface area contributed by atoms with Crippen LogP contribution in [0.1, 0.15) is 5.56 Å². The minimum absolute atomic E-state index is 0.285. The van der Waals surface area contributed by atoms with E-state index in [0.717, 1.165) is 15.6 Å². The van der Waals surface area contributed by atoms with Crippen LogP contribution in [-0.2, 0) is 6.54 Å². The second-order valence-corrected chi connectivity index (χ2v) is 5.67. The van der Waals surface area contributed by atoms with Gasteiger partial charge in [-0.15, -0.1) is 0 Å². The van der Waals surface area contributed by atoms with Gasteiger partial charge in [0.25, 0.3) is 0 Å². The molecule has 0 radical (unpaired) electrons. The minimum Gasteiger partial charge on any atom is -0.384 e. The molecule has 5 heteroatoms. The summed E-state index contributed by atoms with van der Waals surface area (Å²) in [6.45, 7) is 0.570. The van der Waals surface area contributed by atoms with E-state index in [-0.39, 0.29) is 5.82 Å². The zero-order valence-electron chi connectivity index (χ0n) is 11.1. The van der Waals surface area contributed by atoms with Gasteiger partial charge in [-0.3, -0.25) is 0 Å². The third-order valence-corrected chi connectivity index (χ3v) is 3.65. The lowest BCUT2D eigenvalue weighted by atomic mass is 10.1. The van der Waals surface area contributed by atoms with Crippen molar-refractivity contribution in [2.45, 2.75) is 6.54 Å². The SMILES string of the molecule is Nc1cc(-c2cccc(F)c2)nn1Cc1cccc(Br)c1. The zero-order valence-corrected chi connectivity index (χ0v) is 12.7. The van der Waals surface area contributed by atoms with Crippen LogP contribution < -0.4 is 5.73 Å². The number of nitrogens with zero attached hydrogens (tertiary/aromatic N) is 2. The molecule has 0 saturated heterocycles. The van der Waals surface area contributed by atoms with Crippen LogP contribution in [0, 0.1) is 5.82 Å². The Morgan fingerprint density at radius 1 is 1.10 bits per heavy atom. The highest BCUT2D eigenvalue weighted by molar-refractivity contribution is 9.10. The Bertz CT molecular complexity index is 783. The molecule has 2 aromatic carbocycles. The van der Waals surface area contributed by atoms with Crippen molar-refractivity contribution in [2.24, 2.45) is 0 Å². The molecule has 3 nitrogen and oxygen atoms in total. The predicted octanol–water partition coefficient (Wildman–Crippen LogP) is 4.08. The molecule has 106 valence electrons. The summed E-state index contributed by atoms with van der Waals surface area (Å²) in [6.07, 6.45) is 0. The molecule has 0 fully saturated rings. The molecule has 0 bridgehead atoms. The summed E-state index contributed by atoms with van der Waals surface area (Å²) in [5.74, 6) is 0.266. The maximum absolute atomic E-state index is 13.3. The first kappa shape index (κ1) is 13.8. The Morgan fingerprint density at radius 3 is 2.67 bits per heavy atom. The van der Waals surface area contributed by atoms with Gasteiger partial charge >= 0.3 is 0 Å². The lowest BCUT2D eigenvalue weighted by molar-refractivity contribution is 0.628. The lowest BCUT2D eigenvalue weighted by Gasteiger charge is -2.04. The molecule has 0 aliphatic heterocycles. The molecule has 0 amide bonds. The van der Waals surface area contributed by atoms with Crippen molar-refractivity contribution in [3.8, 4) is 11.3 Å². The molecule has 3 aromatic rings. The van der Waals surface area contributed by atoms with Crippen molar-refractivity contribution in [1.29, 1.82) is 0 Å². The van der Waals surface area contributed by atoms with Crippen LogP contribution in [-0.4, -0.2) is 9.78 Å². The fraction of sp³-hybridized carbons (Fsp3) is 0.0625. The van der Waals surface area contributed by atoms with Gasteiger partial charge in [-0.25, -0.2) is 9.07 Å². The molecule has 0 saturated carbocycles. The zero-order chi connectivity index (χ0) is 14.8. The normalized spacial score (nSPS) is 10.8. The van der Waals surface area contributed by atoms with Crippen LogP contribution in [0.5, 0.6) is 0 Å². The number of halogens is 2. The van der Waals surface area contributed by atoms with Gasteiger partial charge in [-0.1, -0.05) is 40.2 Å². The smallest absolute Gasteiger partial charge is 0.123 e. The first-order valence-electron chi connectivity index (χ1n) is 6.45. The van der Waals surface area contributed by atoms with Gasteiger partial charge < -0.3 is 5.73 Å². The summed E-state index contributed by atoms with van der Waals surface area (Å²) in [4.78, 5) is 0. The summed E-state index contributed by atoms with van der Waals surface area (Å²) in [5, 5.41) is 4.46. The van der Waals surface area contributed by atoms with Gasteiger partial charge in [0.15, 0.2) is 0 Å². The van der Waals surface area contributed by atoms with Gasteiger partial charge in [-0.05, 0) is 29.8 Å². The minimum atomic E-state index is -0.285. The Morgan fingerprint density at radius 2 is 1.90 bits per heavy atom. The third-order valence-electron chi connectivity index (χ3n) is 3.15. The lowest BCUT2D eigenvalue weighted by Crippen LogP contribution is -2.05. The first-order chi connectivity index (χ1) is 10.1. The summed E-state index contributed by atoms with van der Waals surface area (Å²) < 4.78 is 16.0. The Balaban J connectivity index is 1.91. The Hall–Kier alpha value is -2.14. The molecule has 0 aliphatic rings. The van der Waals surface area contributed by atoms with Crippen molar-refractivity contribution >= 4 is 21.7 Å². The van der Waals surface area contributed by atoms with E-state index in [1.165, 1.54) is 12.1 Å². The van der Waals surface area contributed by atoms with Crippen molar-refractivity contribution in [2.75, 3.05) is 5.73 Å². The number of nitrogens with two attached hydrogens (primary N) is 1. The molecular formula is C16H13BrFN3. The van der Waals surface area contributed by atoms with Gasteiger partial charge in [0.05, 0.1) is 12.2 Å². The molecular weight excluding hydrogens is 333 g/mol. The maximum Gasteiger partial charge on any atom is 0.123 e. The number of nitrogen functional groups attached to an aromatic ring is 1. The second kappa shape index (κ2) is 5.69. The monoisotopic (exact) mass is 345 g/mol. The number of benzene rings is 2. The third kappa shape index (κ3) is 3.13. The summed E-state index contributed by atoms with van der Waals surface area (Å²) >= 11 is 3.44. The molecule has 0 unspecified atom stereocenters. The molecule has 0 spiro atoms. The average Bonchev–Trinajstić information content (AvgIpc) is 2.80. The molecule has 21 heavy (non-hydrogen) atoms.